The van der Waals surface area contributed by atoms with Crippen LogP contribution < -0.4 is 0 Å². The third-order valence-electron chi connectivity index (χ3n) is 6.41. The maximum absolute atomic E-state index is 4.17. The van der Waals surface area contributed by atoms with Crippen molar-refractivity contribution < 1.29 is 0 Å². The highest BCUT2D eigenvalue weighted by atomic mass is 79.9. The Hall–Kier alpha value is 0.660. The van der Waals surface area contributed by atoms with Crippen molar-refractivity contribution in [2.24, 2.45) is 22.2 Å². The first kappa shape index (κ1) is 15.2. The van der Waals surface area contributed by atoms with Crippen LogP contribution in [0.2, 0.25) is 0 Å². The van der Waals surface area contributed by atoms with E-state index in [0.29, 0.717) is 21.1 Å². The molecule has 116 valence electrons. The summed E-state index contributed by atoms with van der Waals surface area (Å²) in [5, 5.41) is 0. The van der Waals surface area contributed by atoms with Gasteiger partial charge in [-0.2, -0.15) is 0 Å². The van der Waals surface area contributed by atoms with Crippen molar-refractivity contribution in [3.8, 4) is 0 Å². The quantitative estimate of drug-likeness (QED) is 0.432. The van der Waals surface area contributed by atoms with Crippen molar-refractivity contribution in [1.82, 2.24) is 0 Å². The highest BCUT2D eigenvalue weighted by molar-refractivity contribution is 9.11. The fourth-order valence-corrected chi connectivity index (χ4v) is 9.74. The van der Waals surface area contributed by atoms with Gasteiger partial charge in [0.25, 0.3) is 0 Å². The molecule has 3 heteroatoms. The van der Waals surface area contributed by atoms with Gasteiger partial charge in [0, 0.05) is 9.70 Å². The largest absolute Gasteiger partial charge is 0.133 e. The average Bonchev–Trinajstić information content (AvgIpc) is 2.62. The van der Waals surface area contributed by atoms with Crippen molar-refractivity contribution in [3.63, 3.8) is 0 Å². The molecule has 21 heavy (non-hydrogen) atoms. The van der Waals surface area contributed by atoms with Gasteiger partial charge < -0.3 is 0 Å². The third-order valence-corrected chi connectivity index (χ3v) is 9.44. The van der Waals surface area contributed by atoms with E-state index in [1.807, 2.05) is 11.3 Å². The van der Waals surface area contributed by atoms with Crippen molar-refractivity contribution in [1.29, 1.82) is 0 Å². The van der Waals surface area contributed by atoms with Gasteiger partial charge in [-0.1, -0.05) is 29.8 Å². The number of aryl methyl sites for hydroxylation is 1. The first-order chi connectivity index (χ1) is 9.73. The Kier molecular flexibility index (Phi) is 3.33. The second kappa shape index (κ2) is 4.60. The Labute approximate surface area is 149 Å². The van der Waals surface area contributed by atoms with Crippen molar-refractivity contribution in [3.05, 3.63) is 20.3 Å². The normalized spacial score (nSPS) is 46.0. The first-order valence-electron chi connectivity index (χ1n) is 8.13. The zero-order valence-corrected chi connectivity index (χ0v) is 17.1. The van der Waals surface area contributed by atoms with E-state index in [4.69, 9.17) is 0 Å². The predicted molar refractivity (Wildman–Crippen MR) is 98.3 cm³/mol. The molecule has 1 aromatic rings. The molecule has 4 bridgehead atoms. The van der Waals surface area contributed by atoms with Crippen molar-refractivity contribution in [2.45, 2.75) is 64.1 Å². The zero-order chi connectivity index (χ0) is 15.0. The van der Waals surface area contributed by atoms with Gasteiger partial charge in [-0.3, -0.25) is 0 Å². The molecule has 0 amide bonds. The Morgan fingerprint density at radius 3 is 2.24 bits per heavy atom. The Morgan fingerprint density at radius 2 is 1.76 bits per heavy atom. The number of hydrogen-bond donors (Lipinski definition) is 0. The van der Waals surface area contributed by atoms with E-state index in [-0.39, 0.29) is 0 Å². The molecule has 3 unspecified atom stereocenters. The van der Waals surface area contributed by atoms with Crippen LogP contribution in [0.1, 0.15) is 67.6 Å². The minimum atomic E-state index is 0.494. The molecule has 4 aliphatic rings. The van der Waals surface area contributed by atoms with E-state index in [2.05, 4.69) is 58.7 Å². The number of hydrogen-bond acceptors (Lipinski definition) is 1. The summed E-state index contributed by atoms with van der Waals surface area (Å²) in [7, 11) is 0. The smallest absolute Gasteiger partial charge is 0.0704 e. The van der Waals surface area contributed by atoms with E-state index in [0.717, 1.165) is 5.92 Å². The fraction of sp³-hybridized carbons (Fsp3) is 0.778. The summed E-state index contributed by atoms with van der Waals surface area (Å²) >= 11 is 9.74. The molecule has 1 heterocycles. The van der Waals surface area contributed by atoms with Gasteiger partial charge in [0.05, 0.1) is 3.79 Å². The van der Waals surface area contributed by atoms with Crippen LogP contribution in [0.25, 0.3) is 0 Å². The molecule has 5 rings (SSSR count). The molecule has 0 aliphatic heterocycles. The van der Waals surface area contributed by atoms with Crippen molar-refractivity contribution in [2.75, 3.05) is 0 Å². The standard InChI is InChI=1S/C18H24Br2S/c1-11-13(4-14(19)21-11)15(20)18-7-12-5-16(2,9-18)8-17(3,6-12)10-18/h4,12,15H,5-10H2,1-3H3. The SMILES string of the molecule is Cc1sc(Br)cc1C(Br)C12CC3CC(C)(CC(C)(C3)C1)C2. The lowest BCUT2D eigenvalue weighted by molar-refractivity contribution is -0.144. The molecule has 0 radical (unpaired) electrons. The molecule has 0 N–H and O–H groups in total. The molecule has 4 fully saturated rings. The van der Waals surface area contributed by atoms with Crippen molar-refractivity contribution >= 4 is 43.2 Å². The van der Waals surface area contributed by atoms with Gasteiger partial charge in [-0.15, -0.1) is 11.3 Å². The van der Waals surface area contributed by atoms with Crippen LogP contribution in [0, 0.1) is 29.1 Å². The van der Waals surface area contributed by atoms with Gasteiger partial charge in [0.1, 0.15) is 0 Å². The average molecular weight is 432 g/mol. The van der Waals surface area contributed by atoms with E-state index in [1.165, 1.54) is 47.2 Å². The van der Waals surface area contributed by atoms with Crippen LogP contribution in [0.3, 0.4) is 0 Å². The van der Waals surface area contributed by atoms with E-state index in [9.17, 15) is 0 Å². The zero-order valence-electron chi connectivity index (χ0n) is 13.1. The second-order valence-corrected chi connectivity index (χ2v) is 12.5. The second-order valence-electron chi connectivity index (χ2n) is 8.92. The molecule has 4 saturated carbocycles. The van der Waals surface area contributed by atoms with Crippen LogP contribution in [-0.4, -0.2) is 0 Å². The Balaban J connectivity index is 1.75. The van der Waals surface area contributed by atoms with Crippen LogP contribution in [0.15, 0.2) is 9.85 Å². The lowest BCUT2D eigenvalue weighted by Crippen LogP contribution is -2.56. The topological polar surface area (TPSA) is 0 Å². The van der Waals surface area contributed by atoms with Gasteiger partial charge in [-0.05, 0) is 95.2 Å². The summed E-state index contributed by atoms with van der Waals surface area (Å²) in [5.74, 6) is 0.971. The molecule has 0 spiro atoms. The number of alkyl halides is 1. The molecule has 4 aliphatic carbocycles. The fourth-order valence-electron chi connectivity index (χ4n) is 6.86. The minimum Gasteiger partial charge on any atom is -0.133 e. The third kappa shape index (κ3) is 2.32. The summed E-state index contributed by atoms with van der Waals surface area (Å²) in [6, 6.07) is 2.36. The first-order valence-corrected chi connectivity index (χ1v) is 10.7. The van der Waals surface area contributed by atoms with Gasteiger partial charge >= 0.3 is 0 Å². The van der Waals surface area contributed by atoms with Gasteiger partial charge in [0.2, 0.25) is 0 Å². The van der Waals surface area contributed by atoms with Crippen LogP contribution >= 0.6 is 43.2 Å². The minimum absolute atomic E-state index is 0.494. The van der Waals surface area contributed by atoms with Crippen LogP contribution in [-0.2, 0) is 0 Å². The maximum atomic E-state index is 4.17. The van der Waals surface area contributed by atoms with Crippen LogP contribution in [0.5, 0.6) is 0 Å². The van der Waals surface area contributed by atoms with E-state index in [1.54, 1.807) is 5.56 Å². The van der Waals surface area contributed by atoms with E-state index >= 15 is 0 Å². The molecule has 0 aromatic carbocycles. The number of halogens is 2. The Morgan fingerprint density at radius 1 is 1.14 bits per heavy atom. The molecule has 0 saturated heterocycles. The lowest BCUT2D eigenvalue weighted by Gasteiger charge is -2.66. The highest BCUT2D eigenvalue weighted by Crippen LogP contribution is 2.73. The summed E-state index contributed by atoms with van der Waals surface area (Å²) in [6.07, 6.45) is 8.72. The van der Waals surface area contributed by atoms with Crippen LogP contribution in [0.4, 0.5) is 0 Å². The molecule has 0 nitrogen and oxygen atoms in total. The lowest BCUT2D eigenvalue weighted by atomic mass is 9.39. The monoisotopic (exact) mass is 430 g/mol. The van der Waals surface area contributed by atoms with E-state index < -0.39 is 0 Å². The van der Waals surface area contributed by atoms with Gasteiger partial charge in [0.15, 0.2) is 0 Å². The number of thiophene rings is 1. The molecule has 3 atom stereocenters. The summed E-state index contributed by atoms with van der Waals surface area (Å²) in [6.45, 7) is 7.42. The Bertz CT molecular complexity index is 572. The summed E-state index contributed by atoms with van der Waals surface area (Å²) < 4.78 is 1.28. The molecule has 1 aromatic heterocycles. The summed E-state index contributed by atoms with van der Waals surface area (Å²) in [5.41, 5.74) is 3.23. The maximum Gasteiger partial charge on any atom is 0.0704 e. The highest BCUT2D eigenvalue weighted by Gasteiger charge is 2.62. The molecular weight excluding hydrogens is 408 g/mol. The van der Waals surface area contributed by atoms with Gasteiger partial charge in [-0.25, -0.2) is 0 Å². The predicted octanol–water partition coefficient (Wildman–Crippen LogP) is 7.25. The number of rotatable bonds is 2. The molecular formula is C18H24Br2S. The summed E-state index contributed by atoms with van der Waals surface area (Å²) in [4.78, 5) is 2.02.